The van der Waals surface area contributed by atoms with Crippen LogP contribution in [0.2, 0.25) is 0 Å². The van der Waals surface area contributed by atoms with Gasteiger partial charge >= 0.3 is 10.3 Å². The quantitative estimate of drug-likeness (QED) is 0.814. The lowest BCUT2D eigenvalue weighted by atomic mass is 9.87. The zero-order valence-electron chi connectivity index (χ0n) is 14.9. The molecule has 0 atom stereocenters. The van der Waals surface area contributed by atoms with Crippen LogP contribution >= 0.6 is 0 Å². The first-order chi connectivity index (χ1) is 10.4. The molecule has 0 spiro atoms. The van der Waals surface area contributed by atoms with Crippen LogP contribution in [-0.4, -0.2) is 18.9 Å². The molecule has 1 aromatic rings. The van der Waals surface area contributed by atoms with Gasteiger partial charge in [0.05, 0.1) is 5.69 Å². The van der Waals surface area contributed by atoms with Crippen molar-refractivity contribution in [2.24, 2.45) is 0 Å². The Morgan fingerprint density at radius 1 is 0.957 bits per heavy atom. The highest BCUT2D eigenvalue weighted by Crippen LogP contribution is 2.39. The molecular weight excluding hydrogens is 314 g/mol. The van der Waals surface area contributed by atoms with E-state index in [0.29, 0.717) is 4.31 Å². The van der Waals surface area contributed by atoms with Gasteiger partial charge in [0, 0.05) is 6.92 Å². The fourth-order valence-electron chi connectivity index (χ4n) is 2.59. The molecule has 23 heavy (non-hydrogen) atoms. The van der Waals surface area contributed by atoms with E-state index >= 15 is 0 Å². The molecule has 0 heterocycles. The maximum absolute atomic E-state index is 11.9. The Morgan fingerprint density at radius 3 is 1.57 bits per heavy atom. The summed E-state index contributed by atoms with van der Waals surface area (Å²) in [5.74, 6) is -0.446. The predicted octanol–water partition coefficient (Wildman–Crippen LogP) is 4.21. The van der Waals surface area contributed by atoms with E-state index in [1.165, 1.54) is 0 Å². The van der Waals surface area contributed by atoms with Crippen molar-refractivity contribution in [3.8, 4) is 0 Å². The molecule has 0 radical (unpaired) electrons. The standard InChI is InChI=1S/C17H27NO4S/c1-10(2)14-8-15(11(3)4)17(16(9-14)12(5)6)18(13(7)19)23(20,21)22/h8-12H,1-7H3,(H,20,21,22). The third-order valence-electron chi connectivity index (χ3n) is 3.82. The molecule has 6 heteroatoms. The van der Waals surface area contributed by atoms with Crippen LogP contribution in [0.25, 0.3) is 0 Å². The number of hydrogen-bond donors (Lipinski definition) is 1. The van der Waals surface area contributed by atoms with Crippen LogP contribution in [0.1, 0.15) is 82.9 Å². The maximum atomic E-state index is 11.9. The van der Waals surface area contributed by atoms with E-state index < -0.39 is 16.2 Å². The van der Waals surface area contributed by atoms with Crippen LogP contribution in [0.4, 0.5) is 5.69 Å². The van der Waals surface area contributed by atoms with Crippen LogP contribution in [0, 0.1) is 0 Å². The van der Waals surface area contributed by atoms with Crippen molar-refractivity contribution in [3.63, 3.8) is 0 Å². The van der Waals surface area contributed by atoms with E-state index in [0.717, 1.165) is 23.6 Å². The highest BCUT2D eigenvalue weighted by Gasteiger charge is 2.31. The smallest absolute Gasteiger partial charge is 0.274 e. The summed E-state index contributed by atoms with van der Waals surface area (Å²) in [6.45, 7) is 13.0. The number of amides is 1. The van der Waals surface area contributed by atoms with Crippen molar-refractivity contribution >= 4 is 21.9 Å². The summed E-state index contributed by atoms with van der Waals surface area (Å²) < 4.78 is 33.7. The molecule has 130 valence electrons. The van der Waals surface area contributed by atoms with Crippen LogP contribution in [0.3, 0.4) is 0 Å². The minimum Gasteiger partial charge on any atom is -0.274 e. The Morgan fingerprint density at radius 2 is 1.35 bits per heavy atom. The zero-order chi connectivity index (χ0) is 18.1. The molecule has 1 amide bonds. The average Bonchev–Trinajstić information content (AvgIpc) is 2.35. The first kappa shape index (κ1) is 19.6. The van der Waals surface area contributed by atoms with Gasteiger partial charge in [0.25, 0.3) is 0 Å². The third-order valence-corrected chi connectivity index (χ3v) is 4.72. The molecule has 0 aliphatic carbocycles. The monoisotopic (exact) mass is 341 g/mol. The molecule has 0 bridgehead atoms. The Kier molecular flexibility index (Phi) is 5.99. The third kappa shape index (κ3) is 4.32. The van der Waals surface area contributed by atoms with Crippen molar-refractivity contribution in [1.29, 1.82) is 0 Å². The molecule has 0 fully saturated rings. The van der Waals surface area contributed by atoms with Crippen molar-refractivity contribution < 1.29 is 17.8 Å². The van der Waals surface area contributed by atoms with Crippen LogP contribution < -0.4 is 4.31 Å². The lowest BCUT2D eigenvalue weighted by molar-refractivity contribution is -0.115. The zero-order valence-corrected chi connectivity index (χ0v) is 15.7. The summed E-state index contributed by atoms with van der Waals surface area (Å²) in [4.78, 5) is 11.9. The van der Waals surface area contributed by atoms with Gasteiger partial charge in [-0.1, -0.05) is 53.7 Å². The lowest BCUT2D eigenvalue weighted by Crippen LogP contribution is -2.36. The van der Waals surface area contributed by atoms with Crippen molar-refractivity contribution in [2.45, 2.75) is 66.2 Å². The fraction of sp³-hybridized carbons (Fsp3) is 0.588. The topological polar surface area (TPSA) is 74.7 Å². The second-order valence-corrected chi connectivity index (χ2v) is 8.03. The highest BCUT2D eigenvalue weighted by molar-refractivity contribution is 7.88. The van der Waals surface area contributed by atoms with Gasteiger partial charge in [0.2, 0.25) is 5.91 Å². The molecule has 0 aliphatic heterocycles. The molecule has 0 saturated heterocycles. The highest BCUT2D eigenvalue weighted by atomic mass is 32.2. The second kappa shape index (κ2) is 7.01. The van der Waals surface area contributed by atoms with Gasteiger partial charge in [0.1, 0.15) is 0 Å². The number of benzene rings is 1. The van der Waals surface area contributed by atoms with Crippen LogP contribution in [0.5, 0.6) is 0 Å². The second-order valence-electron chi connectivity index (χ2n) is 6.77. The Bertz CT molecular complexity index is 662. The van der Waals surface area contributed by atoms with Crippen molar-refractivity contribution in [3.05, 3.63) is 28.8 Å². The molecular formula is C17H27NO4S. The summed E-state index contributed by atoms with van der Waals surface area (Å²) in [6.07, 6.45) is 0. The normalized spacial score (nSPS) is 12.3. The SMILES string of the molecule is CC(=O)N(c1c(C(C)C)cc(C(C)C)cc1C(C)C)S(=O)(=O)O. The number of hydrogen-bond acceptors (Lipinski definition) is 3. The number of rotatable bonds is 5. The molecule has 0 unspecified atom stereocenters. The van der Waals surface area contributed by atoms with Gasteiger partial charge in [-0.2, -0.15) is 12.7 Å². The van der Waals surface area contributed by atoms with E-state index in [2.05, 4.69) is 13.8 Å². The van der Waals surface area contributed by atoms with E-state index in [-0.39, 0.29) is 23.4 Å². The predicted molar refractivity (Wildman–Crippen MR) is 93.4 cm³/mol. The molecule has 1 N–H and O–H groups in total. The van der Waals surface area contributed by atoms with E-state index in [4.69, 9.17) is 0 Å². The van der Waals surface area contributed by atoms with Crippen LogP contribution in [0.15, 0.2) is 12.1 Å². The molecule has 5 nitrogen and oxygen atoms in total. The Labute approximate surface area is 139 Å². The first-order valence-electron chi connectivity index (χ1n) is 7.83. The lowest BCUT2D eigenvalue weighted by Gasteiger charge is -2.28. The molecule has 1 aromatic carbocycles. The molecule has 0 aliphatic rings. The fourth-order valence-corrected chi connectivity index (χ4v) is 3.35. The van der Waals surface area contributed by atoms with Gasteiger partial charge in [-0.25, -0.2) is 0 Å². The number of carbonyl (C=O) groups is 1. The molecule has 0 aromatic heterocycles. The number of anilines is 1. The average molecular weight is 341 g/mol. The maximum Gasteiger partial charge on any atom is 0.366 e. The molecule has 0 saturated carbocycles. The van der Waals surface area contributed by atoms with Gasteiger partial charge in [-0.15, -0.1) is 0 Å². The number of nitrogens with zero attached hydrogens (tertiary/aromatic N) is 1. The van der Waals surface area contributed by atoms with Gasteiger partial charge in [-0.3, -0.25) is 9.35 Å². The minimum absolute atomic E-state index is 0.00444. The first-order valence-corrected chi connectivity index (χ1v) is 9.23. The Balaban J connectivity index is 3.90. The van der Waals surface area contributed by atoms with Gasteiger partial charge in [0.15, 0.2) is 0 Å². The summed E-state index contributed by atoms with van der Waals surface area (Å²) in [6, 6.07) is 3.86. The van der Waals surface area contributed by atoms with Crippen LogP contribution in [-0.2, 0) is 15.1 Å². The largest absolute Gasteiger partial charge is 0.366 e. The summed E-state index contributed by atoms with van der Waals surface area (Å²) in [5, 5.41) is 0. The van der Waals surface area contributed by atoms with Gasteiger partial charge in [-0.05, 0) is 34.4 Å². The van der Waals surface area contributed by atoms with Crippen molar-refractivity contribution in [1.82, 2.24) is 0 Å². The Hall–Kier alpha value is -1.40. The number of carbonyl (C=O) groups excluding carboxylic acids is 1. The summed E-state index contributed by atoms with van der Waals surface area (Å²) in [7, 11) is -4.68. The summed E-state index contributed by atoms with van der Waals surface area (Å²) in [5.41, 5.74) is 2.86. The van der Waals surface area contributed by atoms with E-state index in [1.54, 1.807) is 0 Å². The van der Waals surface area contributed by atoms with Crippen molar-refractivity contribution in [2.75, 3.05) is 4.31 Å². The van der Waals surface area contributed by atoms with Gasteiger partial charge < -0.3 is 0 Å². The summed E-state index contributed by atoms with van der Waals surface area (Å²) >= 11 is 0. The van der Waals surface area contributed by atoms with E-state index in [9.17, 15) is 17.8 Å². The minimum atomic E-state index is -4.68. The molecule has 1 rings (SSSR count). The van der Waals surface area contributed by atoms with E-state index in [1.807, 2.05) is 39.8 Å².